The van der Waals surface area contributed by atoms with Crippen molar-refractivity contribution in [2.75, 3.05) is 18.2 Å². The number of ether oxygens (including phenoxy) is 1. The molecular weight excluding hydrogens is 434 g/mol. The van der Waals surface area contributed by atoms with Crippen LogP contribution in [0.25, 0.3) is 0 Å². The van der Waals surface area contributed by atoms with Crippen molar-refractivity contribution in [3.63, 3.8) is 0 Å². The molecule has 5 nitrogen and oxygen atoms in total. The normalized spacial score (nSPS) is 15.2. The van der Waals surface area contributed by atoms with E-state index in [4.69, 9.17) is 10.5 Å². The van der Waals surface area contributed by atoms with Gasteiger partial charge in [-0.3, -0.25) is 10.1 Å². The summed E-state index contributed by atoms with van der Waals surface area (Å²) < 4.78 is 5.26. The molecule has 4 N–H and O–H groups in total. The minimum absolute atomic E-state index is 0.130. The number of nitrogen functional groups attached to an aromatic ring is 1. The highest BCUT2D eigenvalue weighted by atomic mass is 16.5. The van der Waals surface area contributed by atoms with E-state index in [9.17, 15) is 4.79 Å². The number of hydrogen-bond acceptors (Lipinski definition) is 4. The highest BCUT2D eigenvalue weighted by Crippen LogP contribution is 2.28. The molecular formula is C30H35N3O2. The maximum absolute atomic E-state index is 12.3. The molecule has 0 atom stereocenters. The maximum Gasteiger partial charge on any atom is 0.228 e. The van der Waals surface area contributed by atoms with Crippen LogP contribution in [0.3, 0.4) is 0 Å². The molecule has 35 heavy (non-hydrogen) atoms. The average Bonchev–Trinajstić information content (AvgIpc) is 2.88. The fraction of sp³-hybridized carbons (Fsp3) is 0.300. The van der Waals surface area contributed by atoms with Gasteiger partial charge in [0.1, 0.15) is 5.75 Å². The SMILES string of the molecule is C=C/C=C(C#CC1(NCc2ccc(OC)cc2)CCCCC1)\C=C/CC(=O)Nc1ccccc1N. The summed E-state index contributed by atoms with van der Waals surface area (Å²) in [6.07, 6.45) is 13.1. The molecule has 3 rings (SSSR count). The van der Waals surface area contributed by atoms with Crippen molar-refractivity contribution in [1.29, 1.82) is 0 Å². The predicted molar refractivity (Wildman–Crippen MR) is 145 cm³/mol. The summed E-state index contributed by atoms with van der Waals surface area (Å²) in [6.45, 7) is 4.56. The second kappa shape index (κ2) is 13.2. The van der Waals surface area contributed by atoms with Crippen LogP contribution in [0.4, 0.5) is 11.4 Å². The van der Waals surface area contributed by atoms with Gasteiger partial charge in [0.25, 0.3) is 0 Å². The smallest absolute Gasteiger partial charge is 0.228 e. The van der Waals surface area contributed by atoms with Crippen molar-refractivity contribution in [3.05, 3.63) is 90.6 Å². The first-order chi connectivity index (χ1) is 17.0. The van der Waals surface area contributed by atoms with Crippen LogP contribution in [0.5, 0.6) is 5.75 Å². The Labute approximate surface area is 209 Å². The van der Waals surface area contributed by atoms with Crippen LogP contribution in [0.1, 0.15) is 44.1 Å². The van der Waals surface area contributed by atoms with Crippen molar-refractivity contribution in [3.8, 4) is 17.6 Å². The zero-order chi connectivity index (χ0) is 24.9. The Morgan fingerprint density at radius 1 is 1.14 bits per heavy atom. The molecule has 0 aliphatic heterocycles. The molecule has 182 valence electrons. The summed E-state index contributed by atoms with van der Waals surface area (Å²) >= 11 is 0. The molecule has 2 aromatic carbocycles. The van der Waals surface area contributed by atoms with Gasteiger partial charge >= 0.3 is 0 Å². The second-order valence-corrected chi connectivity index (χ2v) is 8.69. The van der Waals surface area contributed by atoms with Crippen LogP contribution in [0.2, 0.25) is 0 Å². The molecule has 0 aromatic heterocycles. The zero-order valence-corrected chi connectivity index (χ0v) is 20.5. The molecule has 0 radical (unpaired) electrons. The van der Waals surface area contributed by atoms with Gasteiger partial charge in [-0.05, 0) is 48.7 Å². The van der Waals surface area contributed by atoms with E-state index in [-0.39, 0.29) is 17.9 Å². The van der Waals surface area contributed by atoms with Crippen LogP contribution in [0, 0.1) is 11.8 Å². The quantitative estimate of drug-likeness (QED) is 0.248. The third-order valence-corrected chi connectivity index (χ3v) is 6.08. The van der Waals surface area contributed by atoms with E-state index >= 15 is 0 Å². The largest absolute Gasteiger partial charge is 0.497 e. The van der Waals surface area contributed by atoms with Crippen LogP contribution >= 0.6 is 0 Å². The monoisotopic (exact) mass is 469 g/mol. The fourth-order valence-electron chi connectivity index (χ4n) is 4.08. The molecule has 0 bridgehead atoms. The average molecular weight is 470 g/mol. The summed E-state index contributed by atoms with van der Waals surface area (Å²) in [6, 6.07) is 15.3. The van der Waals surface area contributed by atoms with Gasteiger partial charge < -0.3 is 15.8 Å². The van der Waals surface area contributed by atoms with E-state index in [1.807, 2.05) is 42.5 Å². The molecule has 1 amide bonds. The molecule has 1 fully saturated rings. The predicted octanol–water partition coefficient (Wildman–Crippen LogP) is 5.77. The molecule has 1 aliphatic rings. The third-order valence-electron chi connectivity index (χ3n) is 6.08. The standard InChI is InChI=1S/C30H35N3O2/c1-3-10-24(11-9-14-29(34)33-28-13-6-5-12-27(28)31)19-22-30(20-7-4-8-21-30)32-23-25-15-17-26(35-2)18-16-25/h3,5-6,9-13,15-18,32H,1,4,7-8,14,20-21,23,31H2,2H3,(H,33,34)/b11-9-,24-10+. The Morgan fingerprint density at radius 2 is 1.89 bits per heavy atom. The van der Waals surface area contributed by atoms with Crippen molar-refractivity contribution in [2.24, 2.45) is 0 Å². The summed E-state index contributed by atoms with van der Waals surface area (Å²) in [7, 11) is 1.67. The fourth-order valence-corrected chi connectivity index (χ4v) is 4.08. The number of nitrogens with one attached hydrogen (secondary N) is 2. The van der Waals surface area contributed by atoms with Crippen LogP contribution < -0.4 is 21.1 Å². The van der Waals surface area contributed by atoms with Crippen LogP contribution in [-0.4, -0.2) is 18.6 Å². The van der Waals surface area contributed by atoms with Gasteiger partial charge in [-0.25, -0.2) is 0 Å². The number of rotatable bonds is 9. The van der Waals surface area contributed by atoms with Gasteiger partial charge in [0.05, 0.1) is 24.0 Å². The Kier molecular flexibility index (Phi) is 9.77. The van der Waals surface area contributed by atoms with Crippen molar-refractivity contribution < 1.29 is 9.53 Å². The molecule has 1 saturated carbocycles. The lowest BCUT2D eigenvalue weighted by molar-refractivity contribution is -0.115. The summed E-state index contributed by atoms with van der Waals surface area (Å²) in [5, 5.41) is 6.56. The molecule has 5 heteroatoms. The molecule has 0 spiro atoms. The molecule has 0 saturated heterocycles. The Bertz CT molecular complexity index is 1110. The highest BCUT2D eigenvalue weighted by molar-refractivity contribution is 5.94. The summed E-state index contributed by atoms with van der Waals surface area (Å²) in [5.74, 6) is 7.59. The maximum atomic E-state index is 12.3. The van der Waals surface area contributed by atoms with E-state index < -0.39 is 0 Å². The number of amides is 1. The van der Waals surface area contributed by atoms with E-state index in [0.717, 1.165) is 43.6 Å². The number of benzene rings is 2. The van der Waals surface area contributed by atoms with Gasteiger partial charge in [-0.15, -0.1) is 0 Å². The summed E-state index contributed by atoms with van der Waals surface area (Å²) in [5.41, 5.74) is 8.86. The highest BCUT2D eigenvalue weighted by Gasteiger charge is 2.29. The molecule has 0 unspecified atom stereocenters. The first-order valence-corrected chi connectivity index (χ1v) is 12.1. The van der Waals surface area contributed by atoms with Gasteiger partial charge in [0.2, 0.25) is 5.91 Å². The Hall–Kier alpha value is -3.75. The first-order valence-electron chi connectivity index (χ1n) is 12.1. The number of allylic oxidation sites excluding steroid dienone is 4. The molecule has 1 aliphatic carbocycles. The van der Waals surface area contributed by atoms with Crippen molar-refractivity contribution in [2.45, 2.75) is 50.6 Å². The van der Waals surface area contributed by atoms with Crippen molar-refractivity contribution >= 4 is 17.3 Å². The lowest BCUT2D eigenvalue weighted by Crippen LogP contribution is -2.45. The van der Waals surface area contributed by atoms with E-state index in [1.54, 1.807) is 25.3 Å². The number of hydrogen-bond donors (Lipinski definition) is 3. The van der Waals surface area contributed by atoms with Gasteiger partial charge in [0, 0.05) is 18.5 Å². The number of methoxy groups -OCH3 is 1. The molecule has 2 aromatic rings. The second-order valence-electron chi connectivity index (χ2n) is 8.69. The van der Waals surface area contributed by atoms with E-state index in [2.05, 4.69) is 41.2 Å². The van der Waals surface area contributed by atoms with Gasteiger partial charge in [-0.2, -0.15) is 0 Å². The van der Waals surface area contributed by atoms with E-state index in [0.29, 0.717) is 11.4 Å². The minimum atomic E-state index is -0.228. The third kappa shape index (κ3) is 8.20. The summed E-state index contributed by atoms with van der Waals surface area (Å²) in [4.78, 5) is 12.3. The van der Waals surface area contributed by atoms with Crippen molar-refractivity contribution in [1.82, 2.24) is 5.32 Å². The van der Waals surface area contributed by atoms with Crippen LogP contribution in [0.15, 0.2) is 85.0 Å². The van der Waals surface area contributed by atoms with Gasteiger partial charge in [-0.1, -0.05) is 80.2 Å². The number of para-hydroxylation sites is 2. The minimum Gasteiger partial charge on any atom is -0.497 e. The number of nitrogens with two attached hydrogens (primary N) is 1. The number of carbonyl (C=O) groups is 1. The van der Waals surface area contributed by atoms with E-state index in [1.165, 1.54) is 12.0 Å². The topological polar surface area (TPSA) is 76.4 Å². The van der Waals surface area contributed by atoms with Gasteiger partial charge in [0.15, 0.2) is 0 Å². The molecule has 0 heterocycles. The zero-order valence-electron chi connectivity index (χ0n) is 20.5. The first kappa shape index (κ1) is 25.9. The Balaban J connectivity index is 1.65. The number of carbonyl (C=O) groups excluding carboxylic acids is 1. The lowest BCUT2D eigenvalue weighted by atomic mass is 9.81. The lowest BCUT2D eigenvalue weighted by Gasteiger charge is -2.34. The number of anilines is 2. The van der Waals surface area contributed by atoms with Crippen LogP contribution in [-0.2, 0) is 11.3 Å². The Morgan fingerprint density at radius 3 is 2.57 bits per heavy atom.